The average molecular weight is 139 g/mol. The predicted molar refractivity (Wildman–Crippen MR) is 34.0 cm³/mol. The molecule has 0 radical (unpaired) electrons. The molecule has 0 aliphatic rings. The van der Waals surface area contributed by atoms with Crippen molar-refractivity contribution < 1.29 is 9.90 Å². The molecule has 1 aromatic rings. The second-order valence-corrected chi connectivity index (χ2v) is 1.73. The molecule has 0 saturated heterocycles. The van der Waals surface area contributed by atoms with Gasteiger partial charge in [0.05, 0.1) is 0 Å². The first-order valence-electron chi connectivity index (χ1n) is 2.62. The van der Waals surface area contributed by atoms with Crippen LogP contribution in [0.1, 0.15) is 10.4 Å². The number of rotatable bonds is 1. The minimum atomic E-state index is -1.21. The summed E-state index contributed by atoms with van der Waals surface area (Å²) in [4.78, 5) is 23.4. The van der Waals surface area contributed by atoms with Gasteiger partial charge in [0.25, 0.3) is 0 Å². The largest absolute Gasteiger partial charge is 0.477 e. The molecule has 0 aliphatic heterocycles. The number of hydrogen-bond donors (Lipinski definition) is 2. The maximum absolute atomic E-state index is 10.7. The molecular formula is C6H5NO3. The van der Waals surface area contributed by atoms with Gasteiger partial charge in [-0.05, 0) is 0 Å². The van der Waals surface area contributed by atoms with E-state index in [0.29, 0.717) is 0 Å². The van der Waals surface area contributed by atoms with E-state index in [2.05, 4.69) is 4.98 Å². The zero-order chi connectivity index (χ0) is 7.56. The number of aromatic amines is 1. The van der Waals surface area contributed by atoms with Gasteiger partial charge in [-0.2, -0.15) is 0 Å². The number of nitrogens with one attached hydrogen (secondary N) is 1. The highest BCUT2D eigenvalue weighted by Crippen LogP contribution is 1.85. The Balaban J connectivity index is 3.29. The van der Waals surface area contributed by atoms with Gasteiger partial charge in [-0.25, -0.2) is 4.79 Å². The van der Waals surface area contributed by atoms with E-state index in [1.807, 2.05) is 0 Å². The summed E-state index contributed by atoms with van der Waals surface area (Å²) in [5, 5.41) is 8.35. The van der Waals surface area contributed by atoms with Crippen LogP contribution in [-0.2, 0) is 0 Å². The fourth-order valence-electron chi connectivity index (χ4n) is 0.583. The van der Waals surface area contributed by atoms with Crippen LogP contribution in [0.5, 0.6) is 0 Å². The van der Waals surface area contributed by atoms with Crippen molar-refractivity contribution in [3.05, 3.63) is 34.2 Å². The van der Waals surface area contributed by atoms with Gasteiger partial charge in [0.2, 0.25) is 0 Å². The van der Waals surface area contributed by atoms with Gasteiger partial charge in [-0.3, -0.25) is 4.79 Å². The summed E-state index contributed by atoms with van der Waals surface area (Å²) >= 11 is 0. The highest BCUT2D eigenvalue weighted by Gasteiger charge is 2.04. The summed E-state index contributed by atoms with van der Waals surface area (Å²) in [5.41, 5.74) is -0.714. The SMILES string of the molecule is O=C(O)c1c[nH]ccc1=O. The van der Waals surface area contributed by atoms with Crippen LogP contribution in [0, 0.1) is 0 Å². The van der Waals surface area contributed by atoms with Gasteiger partial charge in [0.15, 0.2) is 5.43 Å². The number of hydrogen-bond acceptors (Lipinski definition) is 2. The van der Waals surface area contributed by atoms with E-state index in [9.17, 15) is 9.59 Å². The Kier molecular flexibility index (Phi) is 1.53. The molecule has 0 amide bonds. The molecule has 52 valence electrons. The number of carboxylic acids is 1. The standard InChI is InChI=1S/C6H5NO3/c8-5-1-2-7-3-4(5)6(9)10/h1-3H,(H,7,8)(H,9,10). The van der Waals surface area contributed by atoms with Crippen LogP contribution in [0.25, 0.3) is 0 Å². The molecule has 1 heterocycles. The Morgan fingerprint density at radius 3 is 2.70 bits per heavy atom. The molecule has 0 unspecified atom stereocenters. The van der Waals surface area contributed by atoms with E-state index in [0.717, 1.165) is 6.20 Å². The third-order valence-electron chi connectivity index (χ3n) is 1.05. The molecule has 2 N–H and O–H groups in total. The number of carbonyl (C=O) groups is 1. The monoisotopic (exact) mass is 139 g/mol. The first kappa shape index (κ1) is 6.54. The van der Waals surface area contributed by atoms with E-state index in [-0.39, 0.29) is 5.56 Å². The van der Waals surface area contributed by atoms with Crippen molar-refractivity contribution in [3.63, 3.8) is 0 Å². The Hall–Kier alpha value is -1.58. The lowest BCUT2D eigenvalue weighted by molar-refractivity contribution is 0.0695. The Morgan fingerprint density at radius 1 is 1.60 bits per heavy atom. The van der Waals surface area contributed by atoms with Crippen molar-refractivity contribution in [1.82, 2.24) is 4.98 Å². The lowest BCUT2D eigenvalue weighted by Crippen LogP contribution is -2.12. The van der Waals surface area contributed by atoms with Gasteiger partial charge >= 0.3 is 5.97 Å². The van der Waals surface area contributed by atoms with E-state index in [1.165, 1.54) is 12.3 Å². The predicted octanol–water partition coefficient (Wildman–Crippen LogP) is 0.0731. The number of H-pyrrole nitrogens is 1. The van der Waals surface area contributed by atoms with Crippen LogP contribution >= 0.6 is 0 Å². The van der Waals surface area contributed by atoms with Crippen LogP contribution < -0.4 is 5.43 Å². The van der Waals surface area contributed by atoms with Crippen molar-refractivity contribution in [2.24, 2.45) is 0 Å². The fraction of sp³-hybridized carbons (Fsp3) is 0. The number of aromatic carboxylic acids is 1. The highest BCUT2D eigenvalue weighted by molar-refractivity contribution is 5.86. The van der Waals surface area contributed by atoms with E-state index in [1.54, 1.807) is 0 Å². The number of pyridine rings is 1. The van der Waals surface area contributed by atoms with Gasteiger partial charge in [-0.15, -0.1) is 0 Å². The maximum atomic E-state index is 10.7. The third kappa shape index (κ3) is 1.05. The zero-order valence-electron chi connectivity index (χ0n) is 5.00. The normalized spacial score (nSPS) is 9.20. The molecule has 0 atom stereocenters. The minimum absolute atomic E-state index is 0.234. The smallest absolute Gasteiger partial charge is 0.341 e. The average Bonchev–Trinajstić information content (AvgIpc) is 1.88. The second kappa shape index (κ2) is 2.34. The summed E-state index contributed by atoms with van der Waals surface area (Å²) < 4.78 is 0. The molecular weight excluding hydrogens is 134 g/mol. The maximum Gasteiger partial charge on any atom is 0.341 e. The molecule has 0 bridgehead atoms. The van der Waals surface area contributed by atoms with E-state index < -0.39 is 11.4 Å². The van der Waals surface area contributed by atoms with Crippen LogP contribution in [0.3, 0.4) is 0 Å². The Morgan fingerprint density at radius 2 is 2.30 bits per heavy atom. The van der Waals surface area contributed by atoms with Gasteiger partial charge in [-0.1, -0.05) is 0 Å². The Labute approximate surface area is 56.1 Å². The summed E-state index contributed by atoms with van der Waals surface area (Å²) in [6.07, 6.45) is 2.54. The first-order chi connectivity index (χ1) is 4.72. The van der Waals surface area contributed by atoms with Crippen LogP contribution in [-0.4, -0.2) is 16.1 Å². The molecule has 0 aromatic carbocycles. The lowest BCUT2D eigenvalue weighted by atomic mass is 10.3. The van der Waals surface area contributed by atoms with E-state index in [4.69, 9.17) is 5.11 Å². The van der Waals surface area contributed by atoms with E-state index >= 15 is 0 Å². The highest BCUT2D eigenvalue weighted by atomic mass is 16.4. The molecule has 0 fully saturated rings. The molecule has 1 aromatic heterocycles. The molecule has 10 heavy (non-hydrogen) atoms. The topological polar surface area (TPSA) is 70.2 Å². The second-order valence-electron chi connectivity index (χ2n) is 1.73. The summed E-state index contributed by atoms with van der Waals surface area (Å²) in [5.74, 6) is -1.21. The van der Waals surface area contributed by atoms with Crippen LogP contribution in [0.15, 0.2) is 23.3 Å². The Bertz CT molecular complexity index is 302. The molecule has 0 saturated carbocycles. The zero-order valence-corrected chi connectivity index (χ0v) is 5.00. The minimum Gasteiger partial charge on any atom is -0.477 e. The number of carboxylic acid groups (broad SMARTS) is 1. The van der Waals surface area contributed by atoms with Crippen molar-refractivity contribution in [2.45, 2.75) is 0 Å². The quantitative estimate of drug-likeness (QED) is 0.578. The van der Waals surface area contributed by atoms with Crippen molar-refractivity contribution in [1.29, 1.82) is 0 Å². The van der Waals surface area contributed by atoms with Gasteiger partial charge < -0.3 is 10.1 Å². The van der Waals surface area contributed by atoms with Gasteiger partial charge in [0.1, 0.15) is 5.56 Å². The summed E-state index contributed by atoms with van der Waals surface area (Å²) in [6, 6.07) is 1.17. The molecule has 4 heteroatoms. The fourth-order valence-corrected chi connectivity index (χ4v) is 0.583. The first-order valence-corrected chi connectivity index (χ1v) is 2.62. The molecule has 0 spiro atoms. The van der Waals surface area contributed by atoms with Crippen molar-refractivity contribution in [2.75, 3.05) is 0 Å². The summed E-state index contributed by atoms with van der Waals surface area (Å²) in [7, 11) is 0. The van der Waals surface area contributed by atoms with Crippen LogP contribution in [0.2, 0.25) is 0 Å². The molecule has 1 rings (SSSR count). The molecule has 4 nitrogen and oxygen atoms in total. The van der Waals surface area contributed by atoms with Crippen molar-refractivity contribution >= 4 is 5.97 Å². The molecule has 0 aliphatic carbocycles. The van der Waals surface area contributed by atoms with Crippen LogP contribution in [0.4, 0.5) is 0 Å². The number of aromatic nitrogens is 1. The van der Waals surface area contributed by atoms with Crippen molar-refractivity contribution in [3.8, 4) is 0 Å². The third-order valence-corrected chi connectivity index (χ3v) is 1.05. The summed E-state index contributed by atoms with van der Waals surface area (Å²) in [6.45, 7) is 0. The van der Waals surface area contributed by atoms with Gasteiger partial charge in [0, 0.05) is 18.5 Å². The lowest BCUT2D eigenvalue weighted by Gasteiger charge is -1.88.